The molecule has 0 aliphatic rings. The minimum atomic E-state index is -1.11. The number of nitrogens with zero attached hydrogens (tertiary/aromatic N) is 1. The van der Waals surface area contributed by atoms with Crippen molar-refractivity contribution in [2.45, 2.75) is 20.0 Å². The van der Waals surface area contributed by atoms with Gasteiger partial charge in [0.15, 0.2) is 0 Å². The fourth-order valence-electron chi connectivity index (χ4n) is 2.86. The number of esters is 1. The number of ether oxygens (including phenoxy) is 1. The largest absolute Gasteiger partial charge is 0.444 e. The number of aromatic nitrogens is 1. The van der Waals surface area contributed by atoms with E-state index in [4.69, 9.17) is 16.3 Å². The molecule has 3 aromatic rings. The Hall–Kier alpha value is -3.18. The summed E-state index contributed by atoms with van der Waals surface area (Å²) in [6.07, 6.45) is 0.299. The van der Waals surface area contributed by atoms with E-state index in [0.29, 0.717) is 11.3 Å². The molecule has 0 bridgehead atoms. The molecular weight excluding hydrogens is 376 g/mol. The molecule has 3 rings (SSSR count). The number of aryl methyl sites for hydroxylation is 2. The lowest BCUT2D eigenvalue weighted by atomic mass is 10.1. The Kier molecular flexibility index (Phi) is 6.06. The van der Waals surface area contributed by atoms with Crippen LogP contribution in [0.3, 0.4) is 0 Å². The summed E-state index contributed by atoms with van der Waals surface area (Å²) in [6, 6.07) is 17.5. The van der Waals surface area contributed by atoms with Gasteiger partial charge >= 0.3 is 5.97 Å². The molecule has 1 aromatic heterocycles. The van der Waals surface area contributed by atoms with Gasteiger partial charge in [-0.15, -0.1) is 0 Å². The maximum atomic E-state index is 12.9. The first kappa shape index (κ1) is 19.6. The molecular formula is C22H19ClN2O3. The van der Waals surface area contributed by atoms with Crippen LogP contribution in [-0.4, -0.2) is 16.9 Å². The zero-order chi connectivity index (χ0) is 20.1. The van der Waals surface area contributed by atoms with Crippen LogP contribution in [0.2, 0.25) is 5.15 Å². The minimum Gasteiger partial charge on any atom is -0.444 e. The summed E-state index contributed by atoms with van der Waals surface area (Å²) in [5.41, 5.74) is 3.48. The van der Waals surface area contributed by atoms with Gasteiger partial charge in [-0.1, -0.05) is 48.0 Å². The number of amides is 1. The first-order valence-electron chi connectivity index (χ1n) is 8.69. The van der Waals surface area contributed by atoms with Gasteiger partial charge < -0.3 is 10.1 Å². The van der Waals surface area contributed by atoms with Crippen molar-refractivity contribution in [3.8, 4) is 0 Å². The summed E-state index contributed by atoms with van der Waals surface area (Å²) >= 11 is 5.84. The number of anilines is 1. The molecule has 0 spiro atoms. The second kappa shape index (κ2) is 8.67. The van der Waals surface area contributed by atoms with Crippen molar-refractivity contribution in [1.29, 1.82) is 0 Å². The normalized spacial score (nSPS) is 11.5. The van der Waals surface area contributed by atoms with Crippen LogP contribution in [0, 0.1) is 13.8 Å². The third kappa shape index (κ3) is 4.96. The Morgan fingerprint density at radius 1 is 1.00 bits per heavy atom. The highest BCUT2D eigenvalue weighted by atomic mass is 35.5. The molecule has 28 heavy (non-hydrogen) atoms. The SMILES string of the molecule is Cc1cc(C)cc(NC(=O)C(OC(=O)c2ccnc(Cl)c2)c2ccccc2)c1. The number of hydrogen-bond acceptors (Lipinski definition) is 4. The van der Waals surface area contributed by atoms with Crippen LogP contribution >= 0.6 is 11.6 Å². The molecule has 0 aliphatic carbocycles. The number of halogens is 1. The van der Waals surface area contributed by atoms with Crippen molar-refractivity contribution in [2.75, 3.05) is 5.32 Å². The number of rotatable bonds is 5. The maximum absolute atomic E-state index is 12.9. The molecule has 0 aliphatic heterocycles. The molecule has 1 unspecified atom stereocenters. The Labute approximate surface area is 168 Å². The smallest absolute Gasteiger partial charge is 0.339 e. The van der Waals surface area contributed by atoms with Gasteiger partial charge in [-0.25, -0.2) is 9.78 Å². The summed E-state index contributed by atoms with van der Waals surface area (Å²) in [5, 5.41) is 3.01. The van der Waals surface area contributed by atoms with Gasteiger partial charge in [-0.3, -0.25) is 4.79 Å². The van der Waals surface area contributed by atoms with E-state index in [1.165, 1.54) is 18.3 Å². The average Bonchev–Trinajstić information content (AvgIpc) is 2.65. The molecule has 142 valence electrons. The van der Waals surface area contributed by atoms with Crippen LogP contribution < -0.4 is 5.32 Å². The molecule has 0 saturated carbocycles. The number of nitrogens with one attached hydrogen (secondary N) is 1. The van der Waals surface area contributed by atoms with Crippen molar-refractivity contribution in [2.24, 2.45) is 0 Å². The number of hydrogen-bond donors (Lipinski definition) is 1. The summed E-state index contributed by atoms with van der Waals surface area (Å²) in [5.74, 6) is -1.10. The lowest BCUT2D eigenvalue weighted by molar-refractivity contribution is -0.125. The minimum absolute atomic E-state index is 0.172. The summed E-state index contributed by atoms with van der Waals surface area (Å²) in [6.45, 7) is 3.90. The predicted octanol–water partition coefficient (Wildman–Crippen LogP) is 4.89. The Morgan fingerprint density at radius 3 is 2.32 bits per heavy atom. The van der Waals surface area contributed by atoms with E-state index in [1.807, 2.05) is 38.1 Å². The first-order valence-corrected chi connectivity index (χ1v) is 9.07. The zero-order valence-corrected chi connectivity index (χ0v) is 16.2. The van der Waals surface area contributed by atoms with Crippen molar-refractivity contribution >= 4 is 29.2 Å². The third-order valence-electron chi connectivity index (χ3n) is 4.02. The molecule has 1 N–H and O–H groups in total. The molecule has 2 aromatic carbocycles. The Balaban J connectivity index is 1.86. The lowest BCUT2D eigenvalue weighted by Gasteiger charge is -2.18. The van der Waals surface area contributed by atoms with Crippen LogP contribution in [0.15, 0.2) is 66.9 Å². The van der Waals surface area contributed by atoms with E-state index in [-0.39, 0.29) is 10.7 Å². The van der Waals surface area contributed by atoms with Gasteiger partial charge in [0, 0.05) is 17.4 Å². The Bertz CT molecular complexity index is 985. The first-order chi connectivity index (χ1) is 13.4. The van der Waals surface area contributed by atoms with E-state index in [1.54, 1.807) is 24.3 Å². The van der Waals surface area contributed by atoms with Gasteiger partial charge in [0.1, 0.15) is 5.15 Å². The molecule has 0 saturated heterocycles. The third-order valence-corrected chi connectivity index (χ3v) is 4.22. The topological polar surface area (TPSA) is 68.3 Å². The van der Waals surface area contributed by atoms with Crippen molar-refractivity contribution in [3.63, 3.8) is 0 Å². The van der Waals surface area contributed by atoms with Crippen LogP contribution in [0.5, 0.6) is 0 Å². The number of benzene rings is 2. The number of carbonyl (C=O) groups excluding carboxylic acids is 2. The average molecular weight is 395 g/mol. The second-order valence-electron chi connectivity index (χ2n) is 6.43. The quantitative estimate of drug-likeness (QED) is 0.494. The van der Waals surface area contributed by atoms with E-state index in [2.05, 4.69) is 10.3 Å². The fourth-order valence-corrected chi connectivity index (χ4v) is 3.03. The van der Waals surface area contributed by atoms with E-state index in [0.717, 1.165) is 11.1 Å². The van der Waals surface area contributed by atoms with E-state index < -0.39 is 18.0 Å². The second-order valence-corrected chi connectivity index (χ2v) is 6.82. The Morgan fingerprint density at radius 2 is 1.68 bits per heavy atom. The van der Waals surface area contributed by atoms with Crippen molar-refractivity contribution in [3.05, 3.63) is 94.3 Å². The zero-order valence-electron chi connectivity index (χ0n) is 15.5. The highest BCUT2D eigenvalue weighted by Crippen LogP contribution is 2.23. The molecule has 5 nitrogen and oxygen atoms in total. The fraction of sp³-hybridized carbons (Fsp3) is 0.136. The standard InChI is InChI=1S/C22H19ClN2O3/c1-14-10-15(2)12-18(11-14)25-21(26)20(16-6-4-3-5-7-16)28-22(27)17-8-9-24-19(23)13-17/h3-13,20H,1-2H3,(H,25,26). The number of pyridine rings is 1. The monoisotopic (exact) mass is 394 g/mol. The molecule has 0 fully saturated rings. The van der Waals surface area contributed by atoms with E-state index in [9.17, 15) is 9.59 Å². The highest BCUT2D eigenvalue weighted by molar-refractivity contribution is 6.29. The number of carbonyl (C=O) groups is 2. The van der Waals surface area contributed by atoms with Gasteiger partial charge in [0.2, 0.25) is 6.10 Å². The highest BCUT2D eigenvalue weighted by Gasteiger charge is 2.26. The van der Waals surface area contributed by atoms with Crippen LogP contribution in [0.1, 0.15) is 33.2 Å². The van der Waals surface area contributed by atoms with Crippen molar-refractivity contribution in [1.82, 2.24) is 4.98 Å². The van der Waals surface area contributed by atoms with Gasteiger partial charge in [-0.2, -0.15) is 0 Å². The molecule has 1 heterocycles. The lowest BCUT2D eigenvalue weighted by Crippen LogP contribution is -2.26. The van der Waals surface area contributed by atoms with Crippen molar-refractivity contribution < 1.29 is 14.3 Å². The van der Waals surface area contributed by atoms with Gasteiger partial charge in [-0.05, 0) is 49.2 Å². The van der Waals surface area contributed by atoms with E-state index >= 15 is 0 Å². The summed E-state index contributed by atoms with van der Waals surface area (Å²) < 4.78 is 5.53. The summed E-state index contributed by atoms with van der Waals surface area (Å²) in [4.78, 5) is 29.3. The molecule has 6 heteroatoms. The maximum Gasteiger partial charge on any atom is 0.339 e. The van der Waals surface area contributed by atoms with Gasteiger partial charge in [0.05, 0.1) is 5.56 Å². The van der Waals surface area contributed by atoms with Crippen LogP contribution in [0.4, 0.5) is 5.69 Å². The van der Waals surface area contributed by atoms with Gasteiger partial charge in [0.25, 0.3) is 5.91 Å². The summed E-state index contributed by atoms with van der Waals surface area (Å²) in [7, 11) is 0. The molecule has 1 amide bonds. The molecule has 0 radical (unpaired) electrons. The van der Waals surface area contributed by atoms with Crippen LogP contribution in [-0.2, 0) is 9.53 Å². The van der Waals surface area contributed by atoms with Crippen LogP contribution in [0.25, 0.3) is 0 Å². The predicted molar refractivity (Wildman–Crippen MR) is 108 cm³/mol. The molecule has 1 atom stereocenters.